The summed E-state index contributed by atoms with van der Waals surface area (Å²) in [6.07, 6.45) is 58.4. The number of carbonyl (C=O) groups is 4. The first-order valence-corrected chi connectivity index (χ1v) is 41.8. The van der Waals surface area contributed by atoms with E-state index in [1.165, 1.54) is 225 Å². The van der Waals surface area contributed by atoms with Gasteiger partial charge in [0, 0.05) is 25.7 Å². The van der Waals surface area contributed by atoms with Gasteiger partial charge in [-0.05, 0) is 25.7 Å². The quantitative estimate of drug-likeness (QED) is 0.0222. The highest BCUT2D eigenvalue weighted by molar-refractivity contribution is 7.47. The van der Waals surface area contributed by atoms with Crippen molar-refractivity contribution in [3.05, 3.63) is 0 Å². The van der Waals surface area contributed by atoms with Crippen LogP contribution in [0.25, 0.3) is 0 Å². The molecule has 0 fully saturated rings. The molecule has 0 bridgehead atoms. The number of esters is 4. The maximum Gasteiger partial charge on any atom is 0.472 e. The number of phosphoric ester groups is 2. The Morgan fingerprint density at radius 2 is 0.430 bits per heavy atom. The van der Waals surface area contributed by atoms with Crippen molar-refractivity contribution in [3.63, 3.8) is 0 Å². The molecule has 0 rings (SSSR count). The molecule has 0 aromatic rings. The van der Waals surface area contributed by atoms with Gasteiger partial charge in [0.1, 0.15) is 19.3 Å². The van der Waals surface area contributed by atoms with Crippen LogP contribution >= 0.6 is 15.6 Å². The smallest absolute Gasteiger partial charge is 0.462 e. The van der Waals surface area contributed by atoms with Crippen LogP contribution in [0.1, 0.15) is 394 Å². The lowest BCUT2D eigenvalue weighted by atomic mass is 10.0. The average molecular weight is 1370 g/mol. The first-order chi connectivity index (χ1) is 45.2. The van der Waals surface area contributed by atoms with Crippen molar-refractivity contribution in [1.82, 2.24) is 0 Å². The molecule has 5 atom stereocenters. The second-order valence-electron chi connectivity index (χ2n) is 26.7. The van der Waals surface area contributed by atoms with E-state index in [9.17, 15) is 43.2 Å². The largest absolute Gasteiger partial charge is 0.472 e. The Labute approximate surface area is 568 Å². The standard InChI is InChI=1S/C74H144O17P2/c1-5-9-13-17-21-25-27-29-31-32-33-34-35-37-39-41-45-49-53-57-61-74(79)91-70(65-85-72(77)59-55-51-47-44-40-38-36-30-28-26-22-18-14-10-6-2)67-89-93(82,83)87-63-68(75)62-86-92(80,81)88-66-69(90-73(78)60-56-52-48-43-24-20-16-12-8-4)64-84-71(76)58-54-50-46-42-23-19-15-11-7-3/h68-70,75H,5-67H2,1-4H3,(H,80,81)(H,82,83)/t68-,69+,70+/m0/s1. The Kier molecular flexibility index (Phi) is 67.1. The zero-order chi connectivity index (χ0) is 68.2. The van der Waals surface area contributed by atoms with Gasteiger partial charge in [-0.25, -0.2) is 9.13 Å². The SMILES string of the molecule is CCCCCCCCCCCCCCCCCCCCCCC(=O)O[C@H](COC(=O)CCCCCCCCCCCCCCCCC)COP(=O)(O)OC[C@@H](O)COP(=O)(O)OC[C@@H](COC(=O)CCCCCCCCCCC)OC(=O)CCCCCCCCCCC. The number of hydrogen-bond acceptors (Lipinski definition) is 15. The molecule has 0 radical (unpaired) electrons. The van der Waals surface area contributed by atoms with E-state index in [4.69, 9.17) is 37.0 Å². The van der Waals surface area contributed by atoms with E-state index in [-0.39, 0.29) is 25.7 Å². The molecule has 0 aliphatic rings. The van der Waals surface area contributed by atoms with Crippen LogP contribution in [-0.4, -0.2) is 96.7 Å². The van der Waals surface area contributed by atoms with Crippen LogP contribution in [0.4, 0.5) is 0 Å². The summed E-state index contributed by atoms with van der Waals surface area (Å²) in [5, 5.41) is 10.6. The summed E-state index contributed by atoms with van der Waals surface area (Å²) in [5.74, 6) is -2.12. The molecule has 0 aromatic carbocycles. The molecule has 552 valence electrons. The van der Waals surface area contributed by atoms with Gasteiger partial charge in [-0.2, -0.15) is 0 Å². The lowest BCUT2D eigenvalue weighted by Gasteiger charge is -2.21. The first kappa shape index (κ1) is 91.1. The normalized spacial score (nSPS) is 13.9. The predicted molar refractivity (Wildman–Crippen MR) is 377 cm³/mol. The van der Waals surface area contributed by atoms with Gasteiger partial charge >= 0.3 is 39.5 Å². The van der Waals surface area contributed by atoms with E-state index >= 15 is 0 Å². The fourth-order valence-electron chi connectivity index (χ4n) is 11.4. The van der Waals surface area contributed by atoms with Crippen molar-refractivity contribution in [2.45, 2.75) is 412 Å². The van der Waals surface area contributed by atoms with E-state index < -0.39 is 97.5 Å². The van der Waals surface area contributed by atoms with Crippen LogP contribution < -0.4 is 0 Å². The third-order valence-corrected chi connectivity index (χ3v) is 19.3. The predicted octanol–water partition coefficient (Wildman–Crippen LogP) is 21.8. The summed E-state index contributed by atoms with van der Waals surface area (Å²) in [4.78, 5) is 72.6. The van der Waals surface area contributed by atoms with Gasteiger partial charge in [-0.15, -0.1) is 0 Å². The fraction of sp³-hybridized carbons (Fsp3) is 0.946. The molecule has 19 heteroatoms. The molecule has 0 aliphatic heterocycles. The van der Waals surface area contributed by atoms with Crippen molar-refractivity contribution >= 4 is 39.5 Å². The summed E-state index contributed by atoms with van der Waals surface area (Å²) in [6.45, 7) is 4.94. The Morgan fingerprint density at radius 3 is 0.634 bits per heavy atom. The molecule has 0 aliphatic carbocycles. The summed E-state index contributed by atoms with van der Waals surface area (Å²) < 4.78 is 68.3. The van der Waals surface area contributed by atoms with Crippen LogP contribution in [-0.2, 0) is 65.4 Å². The Bertz CT molecular complexity index is 1770. The zero-order valence-electron chi connectivity index (χ0n) is 60.2. The van der Waals surface area contributed by atoms with E-state index in [2.05, 4.69) is 27.7 Å². The van der Waals surface area contributed by atoms with Gasteiger partial charge in [-0.1, -0.05) is 342 Å². The van der Waals surface area contributed by atoms with E-state index in [0.29, 0.717) is 25.7 Å². The molecule has 17 nitrogen and oxygen atoms in total. The molecule has 0 saturated carbocycles. The van der Waals surface area contributed by atoms with Gasteiger partial charge in [0.15, 0.2) is 12.2 Å². The number of aliphatic hydroxyl groups excluding tert-OH is 1. The van der Waals surface area contributed by atoms with Crippen molar-refractivity contribution < 1.29 is 80.2 Å². The number of aliphatic hydroxyl groups is 1. The first-order valence-electron chi connectivity index (χ1n) is 38.8. The third-order valence-electron chi connectivity index (χ3n) is 17.4. The highest BCUT2D eigenvalue weighted by atomic mass is 31.2. The van der Waals surface area contributed by atoms with Gasteiger partial charge in [-0.3, -0.25) is 37.3 Å². The number of ether oxygens (including phenoxy) is 4. The summed E-state index contributed by atoms with van der Waals surface area (Å²) >= 11 is 0. The number of carbonyl (C=O) groups excluding carboxylic acids is 4. The highest BCUT2D eigenvalue weighted by Gasteiger charge is 2.30. The zero-order valence-corrected chi connectivity index (χ0v) is 62.0. The maximum atomic E-state index is 13.1. The van der Waals surface area contributed by atoms with Crippen LogP contribution in [0.15, 0.2) is 0 Å². The minimum absolute atomic E-state index is 0.106. The number of hydrogen-bond donors (Lipinski definition) is 3. The molecular formula is C74H144O17P2. The molecule has 3 N–H and O–H groups in total. The van der Waals surface area contributed by atoms with Crippen LogP contribution in [0.5, 0.6) is 0 Å². The Morgan fingerprint density at radius 1 is 0.258 bits per heavy atom. The second kappa shape index (κ2) is 68.6. The fourth-order valence-corrected chi connectivity index (χ4v) is 13.0. The number of phosphoric acid groups is 2. The lowest BCUT2D eigenvalue weighted by molar-refractivity contribution is -0.161. The van der Waals surface area contributed by atoms with Crippen molar-refractivity contribution in [1.29, 1.82) is 0 Å². The summed E-state index contributed by atoms with van der Waals surface area (Å²) in [6, 6.07) is 0. The molecule has 0 spiro atoms. The third kappa shape index (κ3) is 68.4. The van der Waals surface area contributed by atoms with Gasteiger partial charge in [0.05, 0.1) is 26.4 Å². The molecule has 0 aromatic heterocycles. The molecule has 2 unspecified atom stereocenters. The molecule has 0 saturated heterocycles. The van der Waals surface area contributed by atoms with Gasteiger partial charge in [0.25, 0.3) is 0 Å². The van der Waals surface area contributed by atoms with E-state index in [1.807, 2.05) is 0 Å². The highest BCUT2D eigenvalue weighted by Crippen LogP contribution is 2.45. The number of rotatable bonds is 75. The lowest BCUT2D eigenvalue weighted by Crippen LogP contribution is -2.30. The molecular weight excluding hydrogens is 1220 g/mol. The van der Waals surface area contributed by atoms with Crippen LogP contribution in [0.2, 0.25) is 0 Å². The van der Waals surface area contributed by atoms with Crippen molar-refractivity contribution in [2.75, 3.05) is 39.6 Å². The molecule has 0 heterocycles. The van der Waals surface area contributed by atoms with E-state index in [1.54, 1.807) is 0 Å². The maximum absolute atomic E-state index is 13.1. The van der Waals surface area contributed by atoms with Crippen molar-refractivity contribution in [2.24, 2.45) is 0 Å². The topological polar surface area (TPSA) is 237 Å². The molecule has 0 amide bonds. The van der Waals surface area contributed by atoms with E-state index in [0.717, 1.165) is 89.9 Å². The minimum Gasteiger partial charge on any atom is -0.462 e. The second-order valence-corrected chi connectivity index (χ2v) is 29.6. The number of unbranched alkanes of at least 4 members (excludes halogenated alkanes) is 49. The average Bonchev–Trinajstić information content (AvgIpc) is 2.73. The van der Waals surface area contributed by atoms with Crippen molar-refractivity contribution in [3.8, 4) is 0 Å². The van der Waals surface area contributed by atoms with Gasteiger partial charge < -0.3 is 33.8 Å². The minimum atomic E-state index is -4.95. The monoisotopic (exact) mass is 1370 g/mol. The summed E-state index contributed by atoms with van der Waals surface area (Å²) in [5.41, 5.74) is 0. The van der Waals surface area contributed by atoms with Crippen LogP contribution in [0.3, 0.4) is 0 Å². The Hall–Kier alpha value is -1.94. The molecule has 93 heavy (non-hydrogen) atoms. The van der Waals surface area contributed by atoms with Crippen LogP contribution in [0, 0.1) is 0 Å². The summed E-state index contributed by atoms with van der Waals surface area (Å²) in [7, 11) is -9.90. The Balaban J connectivity index is 5.17. The van der Waals surface area contributed by atoms with Gasteiger partial charge in [0.2, 0.25) is 0 Å².